The van der Waals surface area contributed by atoms with Gasteiger partial charge in [0.25, 0.3) is 0 Å². The van der Waals surface area contributed by atoms with E-state index in [9.17, 15) is 13.6 Å². The highest BCUT2D eigenvalue weighted by molar-refractivity contribution is 7.80. The maximum atomic E-state index is 13.4. The Bertz CT molecular complexity index is 1050. The van der Waals surface area contributed by atoms with E-state index in [1.54, 1.807) is 43.4 Å². The van der Waals surface area contributed by atoms with Crippen molar-refractivity contribution in [2.45, 2.75) is 11.4 Å². The SMILES string of the molecule is CNCc1ccc(OCC(=O)O)c(-c2cc(F)cc(F)c2)c1.Sc1ccc(Cl)c(Cl)c1. The molecule has 2 N–H and O–H groups in total. The first-order chi connectivity index (χ1) is 14.7. The summed E-state index contributed by atoms with van der Waals surface area (Å²) in [4.78, 5) is 11.5. The van der Waals surface area contributed by atoms with Crippen molar-refractivity contribution in [2.75, 3.05) is 13.7 Å². The average molecular weight is 486 g/mol. The van der Waals surface area contributed by atoms with Crippen LogP contribution in [-0.4, -0.2) is 24.7 Å². The zero-order valence-electron chi connectivity index (χ0n) is 16.3. The Labute approximate surface area is 194 Å². The van der Waals surface area contributed by atoms with Crippen LogP contribution in [0, 0.1) is 11.6 Å². The first kappa shape index (κ1) is 24.9. The summed E-state index contributed by atoms with van der Waals surface area (Å²) in [5.74, 6) is -2.29. The van der Waals surface area contributed by atoms with Crippen molar-refractivity contribution < 1.29 is 23.4 Å². The molecule has 0 aromatic heterocycles. The molecule has 0 aliphatic rings. The van der Waals surface area contributed by atoms with Gasteiger partial charge in [-0.1, -0.05) is 29.3 Å². The van der Waals surface area contributed by atoms with Crippen molar-refractivity contribution in [3.63, 3.8) is 0 Å². The molecule has 3 aromatic rings. The normalized spacial score (nSPS) is 10.3. The molecule has 0 radical (unpaired) electrons. The molecule has 164 valence electrons. The highest BCUT2D eigenvalue weighted by atomic mass is 35.5. The van der Waals surface area contributed by atoms with Gasteiger partial charge in [0.2, 0.25) is 0 Å². The van der Waals surface area contributed by atoms with Gasteiger partial charge >= 0.3 is 5.97 Å². The number of benzene rings is 3. The highest BCUT2D eigenvalue weighted by Crippen LogP contribution is 2.32. The van der Waals surface area contributed by atoms with Gasteiger partial charge in [0, 0.05) is 23.1 Å². The van der Waals surface area contributed by atoms with Crippen molar-refractivity contribution in [3.8, 4) is 16.9 Å². The van der Waals surface area contributed by atoms with E-state index < -0.39 is 24.2 Å². The number of carboxylic acid groups (broad SMARTS) is 1. The van der Waals surface area contributed by atoms with Crippen molar-refractivity contribution >= 4 is 41.8 Å². The molecule has 0 heterocycles. The molecule has 0 atom stereocenters. The summed E-state index contributed by atoms with van der Waals surface area (Å²) >= 11 is 15.3. The summed E-state index contributed by atoms with van der Waals surface area (Å²) in [5.41, 5.74) is 1.60. The number of aliphatic carboxylic acids is 1. The van der Waals surface area contributed by atoms with E-state index in [1.807, 2.05) is 0 Å². The van der Waals surface area contributed by atoms with Gasteiger partial charge in [0.1, 0.15) is 17.4 Å². The number of rotatable bonds is 6. The van der Waals surface area contributed by atoms with Crippen LogP contribution >= 0.6 is 35.8 Å². The zero-order chi connectivity index (χ0) is 23.0. The number of hydrogen-bond donors (Lipinski definition) is 3. The number of carboxylic acids is 1. The Hall–Kier alpha value is -2.32. The molecule has 0 unspecified atom stereocenters. The number of halogens is 4. The van der Waals surface area contributed by atoms with E-state index in [0.29, 0.717) is 22.2 Å². The third-order valence-electron chi connectivity index (χ3n) is 3.85. The zero-order valence-corrected chi connectivity index (χ0v) is 18.7. The fraction of sp³-hybridized carbons (Fsp3) is 0.136. The first-order valence-corrected chi connectivity index (χ1v) is 10.1. The maximum absolute atomic E-state index is 13.4. The second-order valence-corrected chi connectivity index (χ2v) is 7.63. The van der Waals surface area contributed by atoms with E-state index >= 15 is 0 Å². The predicted molar refractivity (Wildman–Crippen MR) is 121 cm³/mol. The second-order valence-electron chi connectivity index (χ2n) is 6.30. The first-order valence-electron chi connectivity index (χ1n) is 8.92. The number of ether oxygens (including phenoxy) is 1. The Morgan fingerprint density at radius 3 is 2.26 bits per heavy atom. The smallest absolute Gasteiger partial charge is 0.341 e. The van der Waals surface area contributed by atoms with Crippen LogP contribution in [0.25, 0.3) is 11.1 Å². The number of nitrogens with one attached hydrogen (secondary N) is 1. The van der Waals surface area contributed by atoms with Crippen LogP contribution in [0.4, 0.5) is 8.78 Å². The monoisotopic (exact) mass is 485 g/mol. The van der Waals surface area contributed by atoms with Crippen LogP contribution in [-0.2, 0) is 11.3 Å². The number of thiol groups is 1. The largest absolute Gasteiger partial charge is 0.481 e. The van der Waals surface area contributed by atoms with Gasteiger partial charge in [-0.25, -0.2) is 13.6 Å². The Morgan fingerprint density at radius 2 is 1.71 bits per heavy atom. The minimum Gasteiger partial charge on any atom is -0.481 e. The lowest BCUT2D eigenvalue weighted by molar-refractivity contribution is -0.139. The molecule has 3 aromatic carbocycles. The Morgan fingerprint density at radius 1 is 1.03 bits per heavy atom. The van der Waals surface area contributed by atoms with E-state index in [4.69, 9.17) is 33.0 Å². The van der Waals surface area contributed by atoms with E-state index in [2.05, 4.69) is 17.9 Å². The maximum Gasteiger partial charge on any atom is 0.341 e. The third kappa shape index (κ3) is 8.03. The van der Waals surface area contributed by atoms with Gasteiger partial charge in [-0.05, 0) is 60.6 Å². The van der Waals surface area contributed by atoms with Crippen LogP contribution in [0.1, 0.15) is 5.56 Å². The fourth-order valence-electron chi connectivity index (χ4n) is 2.58. The summed E-state index contributed by atoms with van der Waals surface area (Å²) in [6, 6.07) is 13.4. The average Bonchev–Trinajstić information content (AvgIpc) is 2.70. The number of carbonyl (C=O) groups is 1. The standard InChI is InChI=1S/C16H15F2NO3.C6H4Cl2S/c1-19-8-10-2-3-15(22-9-16(20)21)14(4-10)11-5-12(17)7-13(18)6-11;7-5-2-1-4(9)3-6(5)8/h2-7,19H,8-9H2,1H3,(H,20,21);1-3,9H. The molecule has 0 fully saturated rings. The van der Waals surface area contributed by atoms with Gasteiger partial charge < -0.3 is 15.2 Å². The van der Waals surface area contributed by atoms with Crippen LogP contribution in [0.3, 0.4) is 0 Å². The fourth-order valence-corrected chi connectivity index (χ4v) is 3.15. The third-order valence-corrected chi connectivity index (χ3v) is 4.87. The van der Waals surface area contributed by atoms with Gasteiger partial charge in [-0.15, -0.1) is 12.6 Å². The molecule has 0 saturated carbocycles. The highest BCUT2D eigenvalue weighted by Gasteiger charge is 2.12. The molecule has 0 spiro atoms. The van der Waals surface area contributed by atoms with Crippen LogP contribution < -0.4 is 10.1 Å². The quantitative estimate of drug-likeness (QED) is 0.369. The van der Waals surface area contributed by atoms with Crippen molar-refractivity contribution in [2.24, 2.45) is 0 Å². The minimum atomic E-state index is -1.13. The van der Waals surface area contributed by atoms with Crippen molar-refractivity contribution in [1.29, 1.82) is 0 Å². The predicted octanol–water partition coefficient (Wildman–Crippen LogP) is 6.10. The lowest BCUT2D eigenvalue weighted by Gasteiger charge is -2.13. The van der Waals surface area contributed by atoms with Gasteiger partial charge in [0.05, 0.1) is 10.0 Å². The van der Waals surface area contributed by atoms with Crippen LogP contribution in [0.5, 0.6) is 5.75 Å². The number of hydrogen-bond acceptors (Lipinski definition) is 4. The molecular weight excluding hydrogens is 467 g/mol. The summed E-state index contributed by atoms with van der Waals surface area (Å²) in [7, 11) is 1.77. The molecule has 0 bridgehead atoms. The summed E-state index contributed by atoms with van der Waals surface area (Å²) in [6.07, 6.45) is 0. The lowest BCUT2D eigenvalue weighted by atomic mass is 10.0. The summed E-state index contributed by atoms with van der Waals surface area (Å²) < 4.78 is 32.0. The molecule has 9 heteroatoms. The van der Waals surface area contributed by atoms with Crippen molar-refractivity contribution in [1.82, 2.24) is 5.32 Å². The van der Waals surface area contributed by atoms with Gasteiger partial charge in [0.15, 0.2) is 6.61 Å². The topological polar surface area (TPSA) is 58.6 Å². The molecular formula is C22H19Cl2F2NO3S. The lowest BCUT2D eigenvalue weighted by Crippen LogP contribution is -2.10. The van der Waals surface area contributed by atoms with Gasteiger partial charge in [-0.2, -0.15) is 0 Å². The van der Waals surface area contributed by atoms with Crippen LogP contribution in [0.2, 0.25) is 10.0 Å². The van der Waals surface area contributed by atoms with Gasteiger partial charge in [-0.3, -0.25) is 0 Å². The van der Waals surface area contributed by atoms with Crippen LogP contribution in [0.15, 0.2) is 59.5 Å². The molecule has 0 amide bonds. The molecule has 4 nitrogen and oxygen atoms in total. The molecule has 3 rings (SSSR count). The molecule has 0 aliphatic carbocycles. The minimum absolute atomic E-state index is 0.257. The Kier molecular flexibility index (Phi) is 9.58. The Balaban J connectivity index is 0.000000316. The molecule has 0 aliphatic heterocycles. The molecule has 31 heavy (non-hydrogen) atoms. The molecule has 0 saturated heterocycles. The second kappa shape index (κ2) is 11.9. The van der Waals surface area contributed by atoms with E-state index in [-0.39, 0.29) is 11.3 Å². The van der Waals surface area contributed by atoms with E-state index in [0.717, 1.165) is 16.5 Å². The summed E-state index contributed by atoms with van der Waals surface area (Å²) in [5, 5.41) is 12.8. The van der Waals surface area contributed by atoms with Crippen molar-refractivity contribution in [3.05, 3.63) is 81.8 Å². The van der Waals surface area contributed by atoms with E-state index in [1.165, 1.54) is 12.1 Å². The summed E-state index contributed by atoms with van der Waals surface area (Å²) in [6.45, 7) is 0.0280.